The van der Waals surface area contributed by atoms with Crippen LogP contribution in [-0.4, -0.2) is 36.4 Å². The van der Waals surface area contributed by atoms with Crippen molar-refractivity contribution in [1.82, 2.24) is 9.88 Å². The lowest BCUT2D eigenvalue weighted by Crippen LogP contribution is -2.16. The summed E-state index contributed by atoms with van der Waals surface area (Å²) in [4.78, 5) is 17.3. The van der Waals surface area contributed by atoms with Crippen molar-refractivity contribution in [3.8, 4) is 0 Å². The van der Waals surface area contributed by atoms with Gasteiger partial charge in [0.25, 0.3) is 5.91 Å². The van der Waals surface area contributed by atoms with Crippen LogP contribution >= 0.6 is 0 Å². The summed E-state index contributed by atoms with van der Waals surface area (Å²) in [6, 6.07) is 3.76. The minimum Gasteiger partial charge on any atom is -0.364 e. The predicted molar refractivity (Wildman–Crippen MR) is 64.2 cm³/mol. The van der Waals surface area contributed by atoms with Gasteiger partial charge in [0.2, 0.25) is 0 Å². The summed E-state index contributed by atoms with van der Waals surface area (Å²) in [6.07, 6.45) is 4.62. The Morgan fingerprint density at radius 3 is 2.81 bits per heavy atom. The van der Waals surface area contributed by atoms with Gasteiger partial charge in [-0.3, -0.25) is 9.78 Å². The minimum atomic E-state index is -0.441. The second-order valence-corrected chi connectivity index (χ2v) is 4.14. The first-order valence-electron chi connectivity index (χ1n) is 5.49. The fraction of sp³-hybridized carbons (Fsp3) is 0.500. The molecule has 0 fully saturated rings. The van der Waals surface area contributed by atoms with E-state index in [-0.39, 0.29) is 0 Å². The van der Waals surface area contributed by atoms with Gasteiger partial charge in [-0.1, -0.05) is 6.07 Å². The summed E-state index contributed by atoms with van der Waals surface area (Å²) in [5.41, 5.74) is 6.62. The highest BCUT2D eigenvalue weighted by Crippen LogP contribution is 2.09. The van der Waals surface area contributed by atoms with E-state index in [1.807, 2.05) is 12.1 Å². The molecule has 0 radical (unpaired) electrons. The highest BCUT2D eigenvalue weighted by atomic mass is 16.1. The summed E-state index contributed by atoms with van der Waals surface area (Å²) in [5, 5.41) is 0. The molecule has 1 heterocycles. The van der Waals surface area contributed by atoms with E-state index in [0.717, 1.165) is 31.4 Å². The van der Waals surface area contributed by atoms with Crippen molar-refractivity contribution in [3.63, 3.8) is 0 Å². The third-order valence-corrected chi connectivity index (χ3v) is 2.43. The molecule has 0 unspecified atom stereocenters. The van der Waals surface area contributed by atoms with Crippen LogP contribution in [-0.2, 0) is 6.42 Å². The Morgan fingerprint density at radius 2 is 2.19 bits per heavy atom. The number of hydrogen-bond donors (Lipinski definition) is 1. The number of nitrogens with two attached hydrogens (primary N) is 1. The molecule has 0 aliphatic carbocycles. The molecule has 0 bridgehead atoms. The number of aromatic nitrogens is 1. The van der Waals surface area contributed by atoms with Crippen molar-refractivity contribution < 1.29 is 4.79 Å². The van der Waals surface area contributed by atoms with Gasteiger partial charge in [0.05, 0.1) is 0 Å². The molecule has 2 N–H and O–H groups in total. The van der Waals surface area contributed by atoms with E-state index >= 15 is 0 Å². The van der Waals surface area contributed by atoms with Gasteiger partial charge < -0.3 is 10.6 Å². The molecule has 0 saturated carbocycles. The Labute approximate surface area is 96.5 Å². The van der Waals surface area contributed by atoms with Gasteiger partial charge in [-0.25, -0.2) is 0 Å². The SMILES string of the molecule is CN(C)CCCCc1cccnc1C(N)=O. The van der Waals surface area contributed by atoms with Crippen LogP contribution in [0.3, 0.4) is 0 Å². The van der Waals surface area contributed by atoms with Gasteiger partial charge >= 0.3 is 0 Å². The number of carbonyl (C=O) groups is 1. The van der Waals surface area contributed by atoms with Crippen LogP contribution in [0, 0.1) is 0 Å². The van der Waals surface area contributed by atoms with E-state index in [4.69, 9.17) is 5.73 Å². The van der Waals surface area contributed by atoms with Gasteiger partial charge in [0.1, 0.15) is 5.69 Å². The number of hydrogen-bond acceptors (Lipinski definition) is 3. The maximum Gasteiger partial charge on any atom is 0.267 e. The van der Waals surface area contributed by atoms with Crippen molar-refractivity contribution in [2.24, 2.45) is 5.73 Å². The average molecular weight is 221 g/mol. The molecule has 1 amide bonds. The molecule has 0 saturated heterocycles. The molecule has 1 rings (SSSR count). The minimum absolute atomic E-state index is 0.410. The van der Waals surface area contributed by atoms with Crippen molar-refractivity contribution in [1.29, 1.82) is 0 Å². The van der Waals surface area contributed by atoms with E-state index in [1.165, 1.54) is 0 Å². The van der Waals surface area contributed by atoms with Crippen molar-refractivity contribution in [2.75, 3.05) is 20.6 Å². The van der Waals surface area contributed by atoms with E-state index in [1.54, 1.807) is 6.20 Å². The number of aryl methyl sites for hydroxylation is 1. The Balaban J connectivity index is 2.50. The number of primary amides is 1. The van der Waals surface area contributed by atoms with Gasteiger partial charge in [0.15, 0.2) is 0 Å². The van der Waals surface area contributed by atoms with E-state index < -0.39 is 5.91 Å². The third kappa shape index (κ3) is 3.98. The smallest absolute Gasteiger partial charge is 0.267 e. The lowest BCUT2D eigenvalue weighted by atomic mass is 10.1. The maximum atomic E-state index is 11.1. The number of unbranched alkanes of at least 4 members (excludes halogenated alkanes) is 1. The largest absolute Gasteiger partial charge is 0.364 e. The van der Waals surface area contributed by atoms with Crippen LogP contribution in [0.15, 0.2) is 18.3 Å². The number of carbonyl (C=O) groups excluding carboxylic acids is 1. The first kappa shape index (κ1) is 12.6. The quantitative estimate of drug-likeness (QED) is 0.731. The van der Waals surface area contributed by atoms with Gasteiger partial charge in [0, 0.05) is 6.20 Å². The Bertz CT molecular complexity index is 350. The summed E-state index contributed by atoms with van der Waals surface area (Å²) < 4.78 is 0. The summed E-state index contributed by atoms with van der Waals surface area (Å²) in [5.74, 6) is -0.441. The molecule has 0 spiro atoms. The second-order valence-electron chi connectivity index (χ2n) is 4.14. The van der Waals surface area contributed by atoms with Gasteiger partial charge in [-0.15, -0.1) is 0 Å². The zero-order valence-corrected chi connectivity index (χ0v) is 9.94. The average Bonchev–Trinajstić information content (AvgIpc) is 2.24. The Hall–Kier alpha value is -1.42. The predicted octanol–water partition coefficient (Wildman–Crippen LogP) is 1.06. The zero-order chi connectivity index (χ0) is 12.0. The number of rotatable bonds is 6. The van der Waals surface area contributed by atoms with Crippen LogP contribution in [0.4, 0.5) is 0 Å². The lowest BCUT2D eigenvalue weighted by molar-refractivity contribution is 0.0994. The van der Waals surface area contributed by atoms with Crippen LogP contribution < -0.4 is 5.73 Å². The van der Waals surface area contributed by atoms with E-state index in [2.05, 4.69) is 24.0 Å². The molecule has 0 aromatic carbocycles. The van der Waals surface area contributed by atoms with E-state index in [0.29, 0.717) is 5.69 Å². The number of nitrogens with zero attached hydrogens (tertiary/aromatic N) is 2. The number of pyridine rings is 1. The molecule has 0 aliphatic heterocycles. The fourth-order valence-corrected chi connectivity index (χ4v) is 1.61. The molecular weight excluding hydrogens is 202 g/mol. The Morgan fingerprint density at radius 1 is 1.44 bits per heavy atom. The Kier molecular flexibility index (Phi) is 4.92. The van der Waals surface area contributed by atoms with Gasteiger partial charge in [-0.2, -0.15) is 0 Å². The molecule has 88 valence electrons. The standard InChI is InChI=1S/C12H19N3O/c1-15(2)9-4-3-6-10-7-5-8-14-11(10)12(13)16/h5,7-8H,3-4,6,9H2,1-2H3,(H2,13,16). The maximum absolute atomic E-state index is 11.1. The molecule has 4 heteroatoms. The molecule has 4 nitrogen and oxygen atoms in total. The molecular formula is C12H19N3O. The van der Waals surface area contributed by atoms with Crippen LogP contribution in [0.5, 0.6) is 0 Å². The van der Waals surface area contributed by atoms with Gasteiger partial charge in [-0.05, 0) is 51.5 Å². The van der Waals surface area contributed by atoms with Crippen LogP contribution in [0.1, 0.15) is 28.9 Å². The van der Waals surface area contributed by atoms with Crippen molar-refractivity contribution in [3.05, 3.63) is 29.6 Å². The van der Waals surface area contributed by atoms with Crippen LogP contribution in [0.2, 0.25) is 0 Å². The molecule has 0 aliphatic rings. The summed E-state index contributed by atoms with van der Waals surface area (Å²) in [6.45, 7) is 1.06. The lowest BCUT2D eigenvalue weighted by Gasteiger charge is -2.09. The highest BCUT2D eigenvalue weighted by Gasteiger charge is 2.08. The topological polar surface area (TPSA) is 59.2 Å². The number of amides is 1. The fourth-order valence-electron chi connectivity index (χ4n) is 1.61. The first-order chi connectivity index (χ1) is 7.61. The molecule has 0 atom stereocenters. The van der Waals surface area contributed by atoms with E-state index in [9.17, 15) is 4.79 Å². The molecule has 1 aromatic rings. The van der Waals surface area contributed by atoms with Crippen LogP contribution in [0.25, 0.3) is 0 Å². The monoisotopic (exact) mass is 221 g/mol. The highest BCUT2D eigenvalue weighted by molar-refractivity contribution is 5.92. The second kappa shape index (κ2) is 6.23. The third-order valence-electron chi connectivity index (χ3n) is 2.43. The molecule has 1 aromatic heterocycles. The molecule has 16 heavy (non-hydrogen) atoms. The summed E-state index contributed by atoms with van der Waals surface area (Å²) in [7, 11) is 4.11. The zero-order valence-electron chi connectivity index (χ0n) is 9.94. The summed E-state index contributed by atoms with van der Waals surface area (Å²) >= 11 is 0. The van der Waals surface area contributed by atoms with Crippen molar-refractivity contribution in [2.45, 2.75) is 19.3 Å². The first-order valence-corrected chi connectivity index (χ1v) is 5.49. The normalized spacial score (nSPS) is 10.7. The van der Waals surface area contributed by atoms with Crippen molar-refractivity contribution >= 4 is 5.91 Å².